The van der Waals surface area contributed by atoms with Gasteiger partial charge in [0.05, 0.1) is 0 Å². The number of hydrogen-bond donors (Lipinski definition) is 2. The summed E-state index contributed by atoms with van der Waals surface area (Å²) in [5.41, 5.74) is 0.416. The highest BCUT2D eigenvalue weighted by Gasteiger charge is 2.41. The highest BCUT2D eigenvalue weighted by Crippen LogP contribution is 2.48. The monoisotopic (exact) mass is 335 g/mol. The van der Waals surface area contributed by atoms with Crippen molar-refractivity contribution in [1.82, 2.24) is 10.6 Å². The van der Waals surface area contributed by atoms with Crippen molar-refractivity contribution in [3.8, 4) is 0 Å². The summed E-state index contributed by atoms with van der Waals surface area (Å²) in [7, 11) is 1.90. The summed E-state index contributed by atoms with van der Waals surface area (Å²) in [5.74, 6) is 3.89. The maximum Gasteiger partial charge on any atom is 0.191 e. The van der Waals surface area contributed by atoms with Gasteiger partial charge in [-0.25, -0.2) is 0 Å². The Bertz CT molecular complexity index is 397. The van der Waals surface area contributed by atoms with Crippen LogP contribution >= 0.6 is 0 Å². The first kappa shape index (κ1) is 18.0. The van der Waals surface area contributed by atoms with Gasteiger partial charge in [-0.1, -0.05) is 12.8 Å². The molecule has 0 aromatic rings. The van der Waals surface area contributed by atoms with Crippen LogP contribution in [0.5, 0.6) is 0 Å². The van der Waals surface area contributed by atoms with Crippen molar-refractivity contribution in [3.05, 3.63) is 0 Å². The average molecular weight is 336 g/mol. The van der Waals surface area contributed by atoms with Gasteiger partial charge in [0.1, 0.15) is 0 Å². The zero-order valence-corrected chi connectivity index (χ0v) is 15.8. The summed E-state index contributed by atoms with van der Waals surface area (Å²) in [6, 6.07) is 0. The second-order valence-electron chi connectivity index (χ2n) is 8.30. The van der Waals surface area contributed by atoms with Gasteiger partial charge in [-0.3, -0.25) is 4.99 Å². The van der Waals surface area contributed by atoms with Crippen LogP contribution in [0.3, 0.4) is 0 Å². The Kier molecular flexibility index (Phi) is 6.43. The van der Waals surface area contributed by atoms with Crippen molar-refractivity contribution in [2.45, 2.75) is 64.7 Å². The Morgan fingerprint density at radius 2 is 1.79 bits per heavy atom. The molecule has 3 aliphatic carbocycles. The van der Waals surface area contributed by atoms with Crippen LogP contribution in [0, 0.1) is 23.2 Å². The van der Waals surface area contributed by atoms with E-state index in [1.165, 1.54) is 57.8 Å². The highest BCUT2D eigenvalue weighted by molar-refractivity contribution is 5.79. The lowest BCUT2D eigenvalue weighted by atomic mass is 9.83. The second-order valence-corrected chi connectivity index (χ2v) is 8.30. The van der Waals surface area contributed by atoms with E-state index in [0.29, 0.717) is 5.41 Å². The molecule has 138 valence electrons. The second kappa shape index (κ2) is 8.55. The molecule has 3 rings (SSSR count). The van der Waals surface area contributed by atoms with E-state index in [1.54, 1.807) is 0 Å². The molecule has 3 saturated carbocycles. The number of nitrogens with zero attached hydrogens (tertiary/aromatic N) is 1. The zero-order chi connectivity index (χ0) is 16.8. The third-order valence-corrected chi connectivity index (χ3v) is 6.46. The zero-order valence-electron chi connectivity index (χ0n) is 15.8. The molecular formula is C20H37N3O. The molecule has 24 heavy (non-hydrogen) atoms. The van der Waals surface area contributed by atoms with Crippen LogP contribution in [0.1, 0.15) is 64.7 Å². The SMILES string of the molecule is CCOCCC1(CNC(=NC)NCC(C2CC2)C2CC2)CCCC1. The first-order valence-electron chi connectivity index (χ1n) is 10.3. The van der Waals surface area contributed by atoms with Gasteiger partial charge < -0.3 is 15.4 Å². The number of guanidine groups is 1. The van der Waals surface area contributed by atoms with Crippen molar-refractivity contribution in [3.63, 3.8) is 0 Å². The van der Waals surface area contributed by atoms with E-state index in [4.69, 9.17) is 4.74 Å². The summed E-state index contributed by atoms with van der Waals surface area (Å²) in [5, 5.41) is 7.26. The van der Waals surface area contributed by atoms with Crippen molar-refractivity contribution >= 4 is 5.96 Å². The van der Waals surface area contributed by atoms with E-state index in [9.17, 15) is 0 Å². The van der Waals surface area contributed by atoms with Crippen LogP contribution in [0.4, 0.5) is 0 Å². The maximum absolute atomic E-state index is 5.63. The Morgan fingerprint density at radius 3 is 2.33 bits per heavy atom. The van der Waals surface area contributed by atoms with Crippen molar-refractivity contribution in [2.24, 2.45) is 28.2 Å². The minimum Gasteiger partial charge on any atom is -0.382 e. The number of hydrogen-bond acceptors (Lipinski definition) is 2. The molecule has 0 heterocycles. The first-order chi connectivity index (χ1) is 11.8. The lowest BCUT2D eigenvalue weighted by Gasteiger charge is -2.30. The fourth-order valence-electron chi connectivity index (χ4n) is 4.55. The third kappa shape index (κ3) is 5.11. The molecular weight excluding hydrogens is 298 g/mol. The molecule has 0 aromatic carbocycles. The normalized spacial score (nSPS) is 23.7. The Labute approximate surface area is 148 Å². The molecule has 4 heteroatoms. The van der Waals surface area contributed by atoms with Crippen LogP contribution in [0.15, 0.2) is 4.99 Å². The van der Waals surface area contributed by atoms with Gasteiger partial charge in [0, 0.05) is 33.4 Å². The smallest absolute Gasteiger partial charge is 0.191 e. The third-order valence-electron chi connectivity index (χ3n) is 6.46. The lowest BCUT2D eigenvalue weighted by Crippen LogP contribution is -2.45. The van der Waals surface area contributed by atoms with E-state index in [0.717, 1.165) is 50.0 Å². The molecule has 0 spiro atoms. The van der Waals surface area contributed by atoms with Crippen molar-refractivity contribution < 1.29 is 4.74 Å². The van der Waals surface area contributed by atoms with Crippen LogP contribution in [-0.4, -0.2) is 39.3 Å². The van der Waals surface area contributed by atoms with E-state index >= 15 is 0 Å². The van der Waals surface area contributed by atoms with Crippen LogP contribution in [0.2, 0.25) is 0 Å². The quantitative estimate of drug-likeness (QED) is 0.364. The predicted octanol–water partition coefficient (Wildman–Crippen LogP) is 3.57. The molecule has 0 aromatic heterocycles. The molecule has 0 amide bonds. The summed E-state index contributed by atoms with van der Waals surface area (Å²) in [4.78, 5) is 4.47. The largest absolute Gasteiger partial charge is 0.382 e. The van der Waals surface area contributed by atoms with Crippen LogP contribution in [-0.2, 0) is 4.74 Å². The van der Waals surface area contributed by atoms with Gasteiger partial charge >= 0.3 is 0 Å². The van der Waals surface area contributed by atoms with Gasteiger partial charge in [0.2, 0.25) is 0 Å². The molecule has 0 saturated heterocycles. The Balaban J connectivity index is 1.43. The Morgan fingerprint density at radius 1 is 1.12 bits per heavy atom. The topological polar surface area (TPSA) is 45.6 Å². The van der Waals surface area contributed by atoms with E-state index in [1.807, 2.05) is 7.05 Å². The standard InChI is InChI=1S/C20H37N3O/c1-3-24-13-12-20(10-4-5-11-20)15-23-19(21-2)22-14-18(16-6-7-16)17-8-9-17/h16-18H,3-15H2,1-2H3,(H2,21,22,23). The highest BCUT2D eigenvalue weighted by atomic mass is 16.5. The van der Waals surface area contributed by atoms with Gasteiger partial charge in [0.15, 0.2) is 5.96 Å². The minimum atomic E-state index is 0.416. The predicted molar refractivity (Wildman–Crippen MR) is 100 cm³/mol. The number of ether oxygens (including phenoxy) is 1. The molecule has 4 nitrogen and oxygen atoms in total. The van der Waals surface area contributed by atoms with Crippen LogP contribution < -0.4 is 10.6 Å². The van der Waals surface area contributed by atoms with Gasteiger partial charge in [0.25, 0.3) is 0 Å². The molecule has 3 fully saturated rings. The Hall–Kier alpha value is -0.770. The van der Waals surface area contributed by atoms with E-state index < -0.39 is 0 Å². The maximum atomic E-state index is 5.63. The number of nitrogens with one attached hydrogen (secondary N) is 2. The molecule has 0 atom stereocenters. The summed E-state index contributed by atoms with van der Waals surface area (Å²) >= 11 is 0. The van der Waals surface area contributed by atoms with E-state index in [-0.39, 0.29) is 0 Å². The average Bonchev–Trinajstić information content (AvgIpc) is 3.52. The van der Waals surface area contributed by atoms with Crippen molar-refractivity contribution in [2.75, 3.05) is 33.4 Å². The summed E-state index contributed by atoms with van der Waals surface area (Å²) in [6.07, 6.45) is 12.4. The van der Waals surface area contributed by atoms with E-state index in [2.05, 4.69) is 22.5 Å². The number of rotatable bonds is 10. The lowest BCUT2D eigenvalue weighted by molar-refractivity contribution is 0.105. The molecule has 0 bridgehead atoms. The van der Waals surface area contributed by atoms with Gasteiger partial charge in [-0.15, -0.1) is 0 Å². The summed E-state index contributed by atoms with van der Waals surface area (Å²) < 4.78 is 5.63. The molecule has 0 radical (unpaired) electrons. The fraction of sp³-hybridized carbons (Fsp3) is 0.950. The molecule has 0 unspecified atom stereocenters. The van der Waals surface area contributed by atoms with Crippen LogP contribution in [0.25, 0.3) is 0 Å². The van der Waals surface area contributed by atoms with Gasteiger partial charge in [-0.2, -0.15) is 0 Å². The minimum absolute atomic E-state index is 0.416. The molecule has 0 aliphatic heterocycles. The summed E-state index contributed by atoms with van der Waals surface area (Å²) in [6.45, 7) is 5.96. The van der Waals surface area contributed by atoms with Gasteiger partial charge in [-0.05, 0) is 75.0 Å². The molecule has 2 N–H and O–H groups in total. The van der Waals surface area contributed by atoms with Crippen molar-refractivity contribution in [1.29, 1.82) is 0 Å². The molecule has 3 aliphatic rings. The number of aliphatic imine (C=N–C) groups is 1. The first-order valence-corrected chi connectivity index (χ1v) is 10.3. The fourth-order valence-corrected chi connectivity index (χ4v) is 4.55.